The molecule has 0 aliphatic carbocycles. The third kappa shape index (κ3) is 4.56. The molecule has 1 fully saturated rings. The van der Waals surface area contributed by atoms with Crippen LogP contribution in [0.2, 0.25) is 0 Å². The Morgan fingerprint density at radius 2 is 1.71 bits per heavy atom. The number of nitrogens with one attached hydrogen (secondary N) is 2. The zero-order valence-electron chi connectivity index (χ0n) is 20.6. The summed E-state index contributed by atoms with van der Waals surface area (Å²) in [6.07, 6.45) is 4.21. The molecule has 35 heavy (non-hydrogen) atoms. The summed E-state index contributed by atoms with van der Waals surface area (Å²) in [6, 6.07) is 20.7. The fourth-order valence-electron chi connectivity index (χ4n) is 5.23. The third-order valence-corrected chi connectivity index (χ3v) is 7.06. The Hall–Kier alpha value is -3.58. The Kier molecular flexibility index (Phi) is 6.34. The van der Waals surface area contributed by atoms with Gasteiger partial charge < -0.3 is 10.2 Å². The number of aromatic nitrogens is 2. The first kappa shape index (κ1) is 23.2. The molecule has 0 bridgehead atoms. The van der Waals surface area contributed by atoms with E-state index in [1.165, 1.54) is 11.1 Å². The summed E-state index contributed by atoms with van der Waals surface area (Å²) in [5, 5.41) is 8.25. The topological polar surface area (TPSA) is 71.4 Å². The molecule has 7 nitrogen and oxygen atoms in total. The van der Waals surface area contributed by atoms with Gasteiger partial charge in [0.25, 0.3) is 5.91 Å². The summed E-state index contributed by atoms with van der Waals surface area (Å²) >= 11 is 0. The minimum Gasteiger partial charge on any atom is -0.363 e. The van der Waals surface area contributed by atoms with Gasteiger partial charge in [0.1, 0.15) is 11.4 Å². The molecule has 3 heterocycles. The molecular weight excluding hydrogens is 438 g/mol. The highest BCUT2D eigenvalue weighted by atomic mass is 16.6. The van der Waals surface area contributed by atoms with Crippen LogP contribution in [0.15, 0.2) is 72.4 Å². The molecule has 0 radical (unpaired) electrons. The molecule has 1 atom stereocenters. The number of rotatable bonds is 5. The predicted octanol–water partition coefficient (Wildman–Crippen LogP) is 4.97. The number of nitrogens with zero attached hydrogens (tertiary/aromatic N) is 3. The minimum absolute atomic E-state index is 0.0308. The molecule has 1 amide bonds. The lowest BCUT2D eigenvalue weighted by molar-refractivity contribution is 0.0743. The van der Waals surface area contributed by atoms with Gasteiger partial charge in [0, 0.05) is 13.1 Å². The Labute approximate surface area is 206 Å². The molecule has 5 rings (SSSR count). The third-order valence-electron chi connectivity index (χ3n) is 7.06. The molecule has 2 N–H and O–H groups in total. The average molecular weight is 472 g/mol. The van der Waals surface area contributed by atoms with E-state index in [1.54, 1.807) is 13.3 Å². The largest absolute Gasteiger partial charge is 0.363 e. The van der Waals surface area contributed by atoms with Crippen molar-refractivity contribution in [3.05, 3.63) is 89.1 Å². The van der Waals surface area contributed by atoms with Gasteiger partial charge in [-0.15, -0.1) is 0 Å². The van der Waals surface area contributed by atoms with Crippen LogP contribution in [-0.2, 0) is 10.4 Å². The number of hydrogen-bond donors (Lipinski definition) is 2. The Balaban J connectivity index is 1.36. The number of hydrogen-bond acceptors (Lipinski definition) is 5. The van der Waals surface area contributed by atoms with E-state index < -0.39 is 0 Å². The van der Waals surface area contributed by atoms with E-state index in [-0.39, 0.29) is 17.5 Å². The number of piperidine rings is 1. The van der Waals surface area contributed by atoms with Crippen LogP contribution in [0.5, 0.6) is 0 Å². The first-order chi connectivity index (χ1) is 17.0. The van der Waals surface area contributed by atoms with Gasteiger partial charge in [0.2, 0.25) is 0 Å². The van der Waals surface area contributed by atoms with Gasteiger partial charge in [-0.2, -0.15) is 5.10 Å². The first-order valence-electron chi connectivity index (χ1n) is 12.2. The van der Waals surface area contributed by atoms with E-state index in [9.17, 15) is 4.79 Å². The summed E-state index contributed by atoms with van der Waals surface area (Å²) in [5.74, 6) is 0.843. The number of anilines is 1. The first-order valence-corrected chi connectivity index (χ1v) is 12.2. The average Bonchev–Trinajstić information content (AvgIpc) is 3.33. The van der Waals surface area contributed by atoms with Gasteiger partial charge in [-0.05, 0) is 49.8 Å². The Bertz CT molecular complexity index is 1210. The molecule has 2 aliphatic rings. The molecule has 3 aromatic rings. The van der Waals surface area contributed by atoms with Crippen molar-refractivity contribution in [1.29, 1.82) is 0 Å². The highest BCUT2D eigenvalue weighted by molar-refractivity contribution is 5.99. The van der Waals surface area contributed by atoms with Crippen LogP contribution in [0.25, 0.3) is 5.70 Å². The van der Waals surface area contributed by atoms with Crippen LogP contribution in [0, 0.1) is 0 Å². The molecule has 2 aliphatic heterocycles. The smallest absolute Gasteiger partial charge is 0.259 e. The molecule has 1 aromatic heterocycles. The van der Waals surface area contributed by atoms with Crippen LogP contribution in [0.4, 0.5) is 5.82 Å². The fraction of sp³-hybridized carbons (Fsp3) is 0.357. The summed E-state index contributed by atoms with van der Waals surface area (Å²) in [7, 11) is 1.63. The van der Waals surface area contributed by atoms with Crippen LogP contribution < -0.4 is 10.8 Å². The minimum atomic E-state index is -0.201. The van der Waals surface area contributed by atoms with E-state index in [0.29, 0.717) is 18.7 Å². The number of likely N-dealkylation sites (tertiary alicyclic amines) is 1. The highest BCUT2D eigenvalue weighted by Crippen LogP contribution is 2.40. The van der Waals surface area contributed by atoms with Crippen LogP contribution in [0.1, 0.15) is 60.6 Å². The van der Waals surface area contributed by atoms with E-state index in [2.05, 4.69) is 66.1 Å². The predicted molar refractivity (Wildman–Crippen MR) is 138 cm³/mol. The summed E-state index contributed by atoms with van der Waals surface area (Å²) in [6.45, 7) is 5.68. The van der Waals surface area contributed by atoms with Crippen molar-refractivity contribution in [3.63, 3.8) is 0 Å². The number of hydroxylamine groups is 1. The lowest BCUT2D eigenvalue weighted by Crippen LogP contribution is -2.40. The van der Waals surface area contributed by atoms with Crippen molar-refractivity contribution in [2.24, 2.45) is 0 Å². The lowest BCUT2D eigenvalue weighted by Gasteiger charge is -2.38. The maximum absolute atomic E-state index is 13.6. The van der Waals surface area contributed by atoms with E-state index in [1.807, 2.05) is 33.8 Å². The maximum atomic E-state index is 13.6. The number of carbonyl (C=O) groups is 1. The Morgan fingerprint density at radius 1 is 1.06 bits per heavy atom. The molecule has 0 saturated carbocycles. The molecule has 1 saturated heterocycles. The summed E-state index contributed by atoms with van der Waals surface area (Å²) < 4.78 is 1.98. The van der Waals surface area contributed by atoms with E-state index in [0.717, 1.165) is 36.3 Å². The van der Waals surface area contributed by atoms with Crippen LogP contribution in [0.3, 0.4) is 0 Å². The normalized spacial score (nSPS) is 19.0. The van der Waals surface area contributed by atoms with Crippen molar-refractivity contribution in [2.45, 2.75) is 44.7 Å². The van der Waals surface area contributed by atoms with Gasteiger partial charge in [-0.25, -0.2) is 4.68 Å². The number of fused-ring (bicyclic) bond motifs is 1. The molecule has 2 aromatic carbocycles. The summed E-state index contributed by atoms with van der Waals surface area (Å²) in [5.41, 5.74) is 8.08. The molecule has 7 heteroatoms. The highest BCUT2D eigenvalue weighted by Gasteiger charge is 2.37. The molecule has 1 unspecified atom stereocenters. The van der Waals surface area contributed by atoms with Gasteiger partial charge in [-0.1, -0.05) is 60.7 Å². The van der Waals surface area contributed by atoms with Crippen molar-refractivity contribution < 1.29 is 9.63 Å². The second-order valence-electron chi connectivity index (χ2n) is 9.89. The molecule has 0 spiro atoms. The van der Waals surface area contributed by atoms with Crippen molar-refractivity contribution >= 4 is 17.4 Å². The number of benzene rings is 2. The number of amides is 1. The second-order valence-corrected chi connectivity index (χ2v) is 9.89. The molecular formula is C28H33N5O2. The SMILES string of the molecule is CONC(=C1CCN(C(=O)c2cnn3c2NC(c2ccccc2)CC3(C)C)CC1)c1ccccc1. The summed E-state index contributed by atoms with van der Waals surface area (Å²) in [4.78, 5) is 20.8. The van der Waals surface area contributed by atoms with Gasteiger partial charge in [0.05, 0.1) is 30.6 Å². The Morgan fingerprint density at radius 3 is 2.37 bits per heavy atom. The monoisotopic (exact) mass is 471 g/mol. The van der Waals surface area contributed by atoms with Crippen molar-refractivity contribution in [3.8, 4) is 0 Å². The number of carbonyl (C=O) groups excluding carboxylic acids is 1. The van der Waals surface area contributed by atoms with Gasteiger partial charge >= 0.3 is 0 Å². The second kappa shape index (κ2) is 9.58. The zero-order chi connectivity index (χ0) is 24.4. The van der Waals surface area contributed by atoms with Gasteiger partial charge in [-0.3, -0.25) is 15.1 Å². The van der Waals surface area contributed by atoms with Crippen LogP contribution in [-0.4, -0.2) is 40.8 Å². The molecule has 182 valence electrons. The zero-order valence-corrected chi connectivity index (χ0v) is 20.6. The van der Waals surface area contributed by atoms with E-state index in [4.69, 9.17) is 4.84 Å². The fourth-order valence-corrected chi connectivity index (χ4v) is 5.23. The van der Waals surface area contributed by atoms with Crippen molar-refractivity contribution in [2.75, 3.05) is 25.5 Å². The van der Waals surface area contributed by atoms with E-state index >= 15 is 0 Å². The van der Waals surface area contributed by atoms with Crippen LogP contribution >= 0.6 is 0 Å². The maximum Gasteiger partial charge on any atom is 0.259 e. The quantitative estimate of drug-likeness (QED) is 0.514. The standard InChI is InChI=1S/C28H33N5O2/c1-28(2)18-24(20-10-6-4-7-11-20)30-26-23(19-29-33(26)28)27(34)32-16-14-22(15-17-32)25(31-35-3)21-12-8-5-9-13-21/h4-13,19,24,30-31H,14-18H2,1-3H3. The van der Waals surface area contributed by atoms with Crippen molar-refractivity contribution in [1.82, 2.24) is 20.2 Å². The lowest BCUT2D eigenvalue weighted by atomic mass is 9.89. The van der Waals surface area contributed by atoms with Gasteiger partial charge in [0.15, 0.2) is 0 Å².